The number of nitrogens with one attached hydrogen (secondary N) is 1. The Morgan fingerprint density at radius 3 is 2.85 bits per heavy atom. The van der Waals surface area contributed by atoms with Gasteiger partial charge in [0.15, 0.2) is 5.13 Å². The van der Waals surface area contributed by atoms with E-state index in [1.54, 1.807) is 22.3 Å². The minimum Gasteiger partial charge on any atom is -0.346 e. The van der Waals surface area contributed by atoms with Gasteiger partial charge in [0, 0.05) is 43.3 Å². The third-order valence-corrected chi connectivity index (χ3v) is 5.39. The number of halogens is 1. The second-order valence-electron chi connectivity index (χ2n) is 5.95. The molecule has 10 heteroatoms. The summed E-state index contributed by atoms with van der Waals surface area (Å²) in [4.78, 5) is 31.3. The first kappa shape index (κ1) is 18.4. The molecule has 1 fully saturated rings. The number of urea groups is 1. The smallest absolute Gasteiger partial charge is 0.321 e. The fourth-order valence-electron chi connectivity index (χ4n) is 2.73. The molecule has 1 aliphatic rings. The molecule has 1 aromatic heterocycles. The number of aryl methyl sites for hydroxylation is 1. The molecule has 1 saturated heterocycles. The molecule has 1 aliphatic heterocycles. The van der Waals surface area contributed by atoms with E-state index in [-0.39, 0.29) is 16.7 Å². The third-order valence-electron chi connectivity index (χ3n) is 4.05. The molecule has 1 N–H and O–H groups in total. The van der Waals surface area contributed by atoms with Crippen molar-refractivity contribution in [3.8, 4) is 0 Å². The second-order valence-corrected chi connectivity index (χ2v) is 7.20. The van der Waals surface area contributed by atoms with E-state index in [1.807, 2.05) is 12.3 Å². The van der Waals surface area contributed by atoms with Crippen LogP contribution in [0.15, 0.2) is 23.6 Å². The number of nitro groups is 1. The Balaban J connectivity index is 1.63. The minimum atomic E-state index is -0.572. The summed E-state index contributed by atoms with van der Waals surface area (Å²) in [6.45, 7) is 4.66. The lowest BCUT2D eigenvalue weighted by atomic mass is 10.3. The highest BCUT2D eigenvalue weighted by molar-refractivity contribution is 7.13. The lowest BCUT2D eigenvalue weighted by molar-refractivity contribution is -0.384. The van der Waals surface area contributed by atoms with Gasteiger partial charge in [0.25, 0.3) is 5.69 Å². The number of carbonyl (C=O) groups excluding carboxylic acids is 1. The number of amides is 2. The summed E-state index contributed by atoms with van der Waals surface area (Å²) in [5.41, 5.74) is 1.11. The Kier molecular flexibility index (Phi) is 5.58. The molecule has 0 saturated carbocycles. The molecule has 1 aromatic carbocycles. The molecule has 0 atom stereocenters. The average Bonchev–Trinajstić information content (AvgIpc) is 2.89. The predicted molar refractivity (Wildman–Crippen MR) is 102 cm³/mol. The van der Waals surface area contributed by atoms with Gasteiger partial charge in [0.05, 0.1) is 10.6 Å². The number of rotatable bonds is 3. The summed E-state index contributed by atoms with van der Waals surface area (Å²) >= 11 is 7.40. The van der Waals surface area contributed by atoms with Crippen molar-refractivity contribution < 1.29 is 9.72 Å². The summed E-state index contributed by atoms with van der Waals surface area (Å²) in [5, 5.41) is 16.7. The van der Waals surface area contributed by atoms with Gasteiger partial charge >= 0.3 is 6.03 Å². The highest BCUT2D eigenvalue weighted by Crippen LogP contribution is 2.27. The van der Waals surface area contributed by atoms with Crippen LogP contribution in [-0.2, 0) is 0 Å². The summed E-state index contributed by atoms with van der Waals surface area (Å²) < 4.78 is 0. The number of carbonyl (C=O) groups is 1. The van der Waals surface area contributed by atoms with E-state index in [0.717, 1.165) is 23.8 Å². The monoisotopic (exact) mass is 395 g/mol. The van der Waals surface area contributed by atoms with Crippen molar-refractivity contribution in [1.29, 1.82) is 0 Å². The molecule has 8 nitrogen and oxygen atoms in total. The van der Waals surface area contributed by atoms with E-state index in [0.29, 0.717) is 25.3 Å². The predicted octanol–water partition coefficient (Wildman–Crippen LogP) is 3.76. The zero-order chi connectivity index (χ0) is 18.7. The van der Waals surface area contributed by atoms with E-state index < -0.39 is 4.92 Å². The third kappa shape index (κ3) is 4.23. The van der Waals surface area contributed by atoms with Gasteiger partial charge in [0.1, 0.15) is 5.02 Å². The Labute approximate surface area is 159 Å². The van der Waals surface area contributed by atoms with Crippen LogP contribution in [0.25, 0.3) is 0 Å². The molecular weight excluding hydrogens is 378 g/mol. The summed E-state index contributed by atoms with van der Waals surface area (Å²) in [7, 11) is 0. The van der Waals surface area contributed by atoms with Crippen LogP contribution in [0, 0.1) is 17.0 Å². The molecule has 138 valence electrons. The van der Waals surface area contributed by atoms with E-state index in [2.05, 4.69) is 15.2 Å². The number of nitro benzene ring substituents is 1. The Hall–Kier alpha value is -2.39. The number of aromatic nitrogens is 1. The Morgan fingerprint density at radius 1 is 1.35 bits per heavy atom. The molecule has 3 rings (SSSR count). The van der Waals surface area contributed by atoms with E-state index in [1.165, 1.54) is 12.1 Å². The van der Waals surface area contributed by atoms with Crippen LogP contribution in [0.3, 0.4) is 0 Å². The van der Waals surface area contributed by atoms with E-state index in [9.17, 15) is 14.9 Å². The minimum absolute atomic E-state index is 0.0390. The normalized spacial score (nSPS) is 14.8. The SMILES string of the molecule is Cc1csc(N2CCCN(C(=O)Nc3ccc(Cl)c([N+](=O)[O-])c3)CC2)n1. The van der Waals surface area contributed by atoms with Gasteiger partial charge in [-0.15, -0.1) is 11.3 Å². The number of benzene rings is 1. The molecule has 2 heterocycles. The van der Waals surface area contributed by atoms with Crippen LogP contribution in [0.2, 0.25) is 5.02 Å². The molecule has 2 aromatic rings. The molecule has 26 heavy (non-hydrogen) atoms. The topological polar surface area (TPSA) is 91.6 Å². The van der Waals surface area contributed by atoms with Crippen LogP contribution < -0.4 is 10.2 Å². The zero-order valence-corrected chi connectivity index (χ0v) is 15.7. The van der Waals surface area contributed by atoms with E-state index >= 15 is 0 Å². The number of thiazole rings is 1. The molecule has 2 amide bonds. The maximum Gasteiger partial charge on any atom is 0.321 e. The lowest BCUT2D eigenvalue weighted by Crippen LogP contribution is -2.38. The zero-order valence-electron chi connectivity index (χ0n) is 14.1. The number of nitrogens with zero attached hydrogens (tertiary/aromatic N) is 4. The summed E-state index contributed by atoms with van der Waals surface area (Å²) in [6, 6.07) is 3.95. The van der Waals surface area contributed by atoms with Crippen molar-refractivity contribution in [3.05, 3.63) is 44.4 Å². The van der Waals surface area contributed by atoms with Crippen LogP contribution in [0.1, 0.15) is 12.1 Å². The largest absolute Gasteiger partial charge is 0.346 e. The lowest BCUT2D eigenvalue weighted by Gasteiger charge is -2.22. The quantitative estimate of drug-likeness (QED) is 0.631. The van der Waals surface area contributed by atoms with Crippen molar-refractivity contribution in [1.82, 2.24) is 9.88 Å². The first-order valence-electron chi connectivity index (χ1n) is 8.11. The number of anilines is 2. The number of hydrogen-bond donors (Lipinski definition) is 1. The van der Waals surface area contributed by atoms with Crippen LogP contribution >= 0.6 is 22.9 Å². The average molecular weight is 396 g/mol. The van der Waals surface area contributed by atoms with Gasteiger partial charge in [0.2, 0.25) is 0 Å². The standard InChI is InChI=1S/C16H18ClN5O3S/c1-11-10-26-16(18-11)21-6-2-5-20(7-8-21)15(23)19-12-3-4-13(17)14(9-12)22(24)25/h3-4,9-10H,2,5-8H2,1H3,(H,19,23). The fraction of sp³-hybridized carbons (Fsp3) is 0.375. The molecular formula is C16H18ClN5O3S. The maximum absolute atomic E-state index is 12.5. The maximum atomic E-state index is 12.5. The van der Waals surface area contributed by atoms with Gasteiger partial charge in [-0.25, -0.2) is 9.78 Å². The van der Waals surface area contributed by atoms with Gasteiger partial charge in [-0.05, 0) is 25.5 Å². The van der Waals surface area contributed by atoms with Crippen molar-refractivity contribution >= 4 is 45.5 Å². The second kappa shape index (κ2) is 7.88. The highest BCUT2D eigenvalue weighted by atomic mass is 35.5. The van der Waals surface area contributed by atoms with Crippen LogP contribution in [0.5, 0.6) is 0 Å². The van der Waals surface area contributed by atoms with Crippen LogP contribution in [-0.4, -0.2) is 47.0 Å². The van der Waals surface area contributed by atoms with Gasteiger partial charge in [-0.2, -0.15) is 0 Å². The fourth-order valence-corrected chi connectivity index (χ4v) is 3.78. The van der Waals surface area contributed by atoms with Gasteiger partial charge in [-0.3, -0.25) is 10.1 Å². The van der Waals surface area contributed by atoms with Crippen molar-refractivity contribution in [2.45, 2.75) is 13.3 Å². The summed E-state index contributed by atoms with van der Waals surface area (Å²) in [5.74, 6) is 0. The highest BCUT2D eigenvalue weighted by Gasteiger charge is 2.21. The molecule has 0 aliphatic carbocycles. The first-order valence-corrected chi connectivity index (χ1v) is 9.37. The first-order chi connectivity index (χ1) is 12.4. The van der Waals surface area contributed by atoms with E-state index in [4.69, 9.17) is 11.6 Å². The summed E-state index contributed by atoms with van der Waals surface area (Å²) in [6.07, 6.45) is 0.826. The van der Waals surface area contributed by atoms with Crippen molar-refractivity contribution in [3.63, 3.8) is 0 Å². The van der Waals surface area contributed by atoms with Crippen molar-refractivity contribution in [2.75, 3.05) is 36.4 Å². The van der Waals surface area contributed by atoms with Gasteiger partial charge < -0.3 is 15.1 Å². The van der Waals surface area contributed by atoms with Gasteiger partial charge in [-0.1, -0.05) is 11.6 Å². The van der Waals surface area contributed by atoms with Crippen LogP contribution in [0.4, 0.5) is 21.3 Å². The molecule has 0 spiro atoms. The number of hydrogen-bond acceptors (Lipinski definition) is 6. The molecule has 0 bridgehead atoms. The Morgan fingerprint density at radius 2 is 2.15 bits per heavy atom. The Bertz CT molecular complexity index is 828. The molecule has 0 unspecified atom stereocenters. The molecule has 0 radical (unpaired) electrons. The van der Waals surface area contributed by atoms with Crippen molar-refractivity contribution in [2.24, 2.45) is 0 Å².